The average Bonchev–Trinajstić information content (AvgIpc) is 3.13. The first kappa shape index (κ1) is 17.8. The molecule has 7 nitrogen and oxygen atoms in total. The molecule has 4 heterocycles. The highest BCUT2D eigenvalue weighted by molar-refractivity contribution is 6.06. The molecule has 0 radical (unpaired) electrons. The van der Waals surface area contributed by atoms with Crippen LogP contribution in [0.1, 0.15) is 56.8 Å². The number of amides is 2. The van der Waals surface area contributed by atoms with Crippen molar-refractivity contribution in [3.05, 3.63) is 30.1 Å². The minimum Gasteiger partial charge on any atom is -0.444 e. The van der Waals surface area contributed by atoms with Gasteiger partial charge in [-0.15, -0.1) is 0 Å². The number of nitrogens with one attached hydrogen (secondary N) is 2. The smallest absolute Gasteiger partial charge is 0.410 e. The number of nitrogens with zero attached hydrogens (tertiary/aromatic N) is 2. The molecular formula is C20H26N4O3. The van der Waals surface area contributed by atoms with E-state index < -0.39 is 5.60 Å². The molecule has 2 aliphatic rings. The van der Waals surface area contributed by atoms with Gasteiger partial charge in [0.1, 0.15) is 11.2 Å². The van der Waals surface area contributed by atoms with E-state index >= 15 is 0 Å². The van der Waals surface area contributed by atoms with Gasteiger partial charge in [-0.2, -0.15) is 0 Å². The van der Waals surface area contributed by atoms with Gasteiger partial charge < -0.3 is 19.9 Å². The molecule has 7 heteroatoms. The lowest BCUT2D eigenvalue weighted by Crippen LogP contribution is -2.53. The van der Waals surface area contributed by atoms with Gasteiger partial charge in [-0.1, -0.05) is 0 Å². The first-order valence-electron chi connectivity index (χ1n) is 9.56. The Morgan fingerprint density at radius 2 is 1.96 bits per heavy atom. The Morgan fingerprint density at radius 1 is 1.26 bits per heavy atom. The molecule has 2 atom stereocenters. The van der Waals surface area contributed by atoms with Crippen LogP contribution >= 0.6 is 0 Å². The fraction of sp³-hybridized carbons (Fsp3) is 0.550. The summed E-state index contributed by atoms with van der Waals surface area (Å²) in [5.74, 6) is -0.0932. The van der Waals surface area contributed by atoms with E-state index in [0.29, 0.717) is 11.2 Å². The summed E-state index contributed by atoms with van der Waals surface area (Å²) in [4.78, 5) is 34.5. The van der Waals surface area contributed by atoms with Crippen molar-refractivity contribution in [2.45, 2.75) is 70.2 Å². The van der Waals surface area contributed by atoms with Crippen molar-refractivity contribution in [1.29, 1.82) is 0 Å². The molecule has 2 saturated heterocycles. The minimum absolute atomic E-state index is 0.0651. The molecule has 2 N–H and O–H groups in total. The first-order chi connectivity index (χ1) is 12.8. The monoisotopic (exact) mass is 370 g/mol. The first-order valence-corrected chi connectivity index (χ1v) is 9.56. The Bertz CT molecular complexity index is 855. The third kappa shape index (κ3) is 3.50. The summed E-state index contributed by atoms with van der Waals surface area (Å²) in [6, 6.07) is 4.05. The van der Waals surface area contributed by atoms with Gasteiger partial charge in [0.2, 0.25) is 0 Å². The fourth-order valence-electron chi connectivity index (χ4n) is 4.31. The number of rotatable bonds is 2. The third-order valence-corrected chi connectivity index (χ3v) is 5.37. The number of hydrogen-bond acceptors (Lipinski definition) is 4. The Kier molecular flexibility index (Phi) is 4.32. The maximum Gasteiger partial charge on any atom is 0.410 e. The molecular weight excluding hydrogens is 344 g/mol. The van der Waals surface area contributed by atoms with E-state index in [2.05, 4.69) is 15.3 Å². The summed E-state index contributed by atoms with van der Waals surface area (Å²) in [6.07, 6.45) is 6.63. The minimum atomic E-state index is -0.495. The quantitative estimate of drug-likeness (QED) is 0.850. The zero-order chi connectivity index (χ0) is 19.2. The van der Waals surface area contributed by atoms with Crippen LogP contribution in [-0.2, 0) is 4.74 Å². The molecule has 2 fully saturated rings. The highest BCUT2D eigenvalue weighted by atomic mass is 16.6. The van der Waals surface area contributed by atoms with Gasteiger partial charge in [-0.05, 0) is 58.6 Å². The summed E-state index contributed by atoms with van der Waals surface area (Å²) >= 11 is 0. The van der Waals surface area contributed by atoms with Gasteiger partial charge in [0, 0.05) is 35.9 Å². The van der Waals surface area contributed by atoms with Gasteiger partial charge in [0.25, 0.3) is 5.91 Å². The number of ether oxygens (including phenoxy) is 1. The number of H-pyrrole nitrogens is 1. The lowest BCUT2D eigenvalue weighted by atomic mass is 9.97. The van der Waals surface area contributed by atoms with Crippen molar-refractivity contribution >= 4 is 23.0 Å². The van der Waals surface area contributed by atoms with E-state index in [0.717, 1.165) is 31.1 Å². The molecule has 2 bridgehead atoms. The number of carbonyl (C=O) groups is 2. The second-order valence-electron chi connectivity index (χ2n) is 8.52. The molecule has 4 rings (SSSR count). The predicted octanol–water partition coefficient (Wildman–Crippen LogP) is 3.22. The number of aromatic nitrogens is 2. The molecule has 2 unspecified atom stereocenters. The van der Waals surface area contributed by atoms with Crippen molar-refractivity contribution in [3.8, 4) is 0 Å². The van der Waals surface area contributed by atoms with Crippen LogP contribution in [0.25, 0.3) is 11.0 Å². The summed E-state index contributed by atoms with van der Waals surface area (Å²) in [7, 11) is 0. The molecule has 0 spiro atoms. The Hall–Kier alpha value is -2.57. The van der Waals surface area contributed by atoms with Crippen LogP contribution in [0, 0.1) is 0 Å². The number of aromatic amines is 1. The highest BCUT2D eigenvalue weighted by Crippen LogP contribution is 2.37. The summed E-state index contributed by atoms with van der Waals surface area (Å²) < 4.78 is 5.57. The maximum absolute atomic E-state index is 12.8. The van der Waals surface area contributed by atoms with Crippen molar-refractivity contribution in [2.75, 3.05) is 0 Å². The largest absolute Gasteiger partial charge is 0.444 e. The van der Waals surface area contributed by atoms with E-state index in [1.807, 2.05) is 37.8 Å². The normalized spacial score (nSPS) is 24.9. The number of piperidine rings is 1. The molecule has 0 aliphatic carbocycles. The SMILES string of the molecule is CC(C)(C)OC(=O)N1C2CCC1CC(NC(=O)c1c[nH]c3ncccc13)C2. The second kappa shape index (κ2) is 6.55. The van der Waals surface area contributed by atoms with Crippen molar-refractivity contribution < 1.29 is 14.3 Å². The molecule has 0 aromatic carbocycles. The van der Waals surface area contributed by atoms with Gasteiger partial charge >= 0.3 is 6.09 Å². The average molecular weight is 370 g/mol. The van der Waals surface area contributed by atoms with Crippen molar-refractivity contribution in [3.63, 3.8) is 0 Å². The second-order valence-corrected chi connectivity index (χ2v) is 8.52. The molecule has 2 aliphatic heterocycles. The molecule has 0 saturated carbocycles. The fourth-order valence-corrected chi connectivity index (χ4v) is 4.31. The third-order valence-electron chi connectivity index (χ3n) is 5.37. The van der Waals surface area contributed by atoms with Crippen molar-refractivity contribution in [1.82, 2.24) is 20.2 Å². The lowest BCUT2D eigenvalue weighted by Gasteiger charge is -2.39. The number of hydrogen-bond donors (Lipinski definition) is 2. The van der Waals surface area contributed by atoms with E-state index in [4.69, 9.17) is 4.74 Å². The van der Waals surface area contributed by atoms with Crippen LogP contribution in [0.5, 0.6) is 0 Å². The van der Waals surface area contributed by atoms with Crippen LogP contribution in [0.4, 0.5) is 4.79 Å². The maximum atomic E-state index is 12.8. The Balaban J connectivity index is 1.43. The van der Waals surface area contributed by atoms with Crippen LogP contribution in [0.3, 0.4) is 0 Å². The summed E-state index contributed by atoms with van der Waals surface area (Å²) in [5.41, 5.74) is 0.827. The van der Waals surface area contributed by atoms with E-state index in [-0.39, 0.29) is 30.1 Å². The Labute approximate surface area is 158 Å². The molecule has 2 amide bonds. The summed E-state index contributed by atoms with van der Waals surface area (Å²) in [5, 5.41) is 3.98. The van der Waals surface area contributed by atoms with Gasteiger partial charge in [-0.25, -0.2) is 9.78 Å². The van der Waals surface area contributed by atoms with Crippen LogP contribution in [-0.4, -0.2) is 50.6 Å². The van der Waals surface area contributed by atoms with E-state index in [9.17, 15) is 9.59 Å². The molecule has 2 aromatic rings. The highest BCUT2D eigenvalue weighted by Gasteiger charge is 2.45. The Morgan fingerprint density at radius 3 is 2.63 bits per heavy atom. The molecule has 144 valence electrons. The number of carbonyl (C=O) groups excluding carboxylic acids is 2. The lowest BCUT2D eigenvalue weighted by molar-refractivity contribution is 0.00500. The van der Waals surface area contributed by atoms with E-state index in [1.54, 1.807) is 12.4 Å². The number of pyridine rings is 1. The molecule has 27 heavy (non-hydrogen) atoms. The standard InChI is InChI=1S/C20H26N4O3/c1-20(2,3)27-19(26)24-13-6-7-14(24)10-12(9-13)23-18(25)16-11-22-17-15(16)5-4-8-21-17/h4-5,8,11-14H,6-7,9-10H2,1-3H3,(H,21,22)(H,23,25). The zero-order valence-corrected chi connectivity index (χ0v) is 16.0. The topological polar surface area (TPSA) is 87.3 Å². The van der Waals surface area contributed by atoms with Crippen LogP contribution in [0.15, 0.2) is 24.5 Å². The number of fused-ring (bicyclic) bond motifs is 3. The van der Waals surface area contributed by atoms with Crippen LogP contribution in [0.2, 0.25) is 0 Å². The molecule has 2 aromatic heterocycles. The van der Waals surface area contributed by atoms with Gasteiger partial charge in [0.15, 0.2) is 0 Å². The van der Waals surface area contributed by atoms with Gasteiger partial charge in [-0.3, -0.25) is 4.79 Å². The van der Waals surface area contributed by atoms with Crippen LogP contribution < -0.4 is 5.32 Å². The predicted molar refractivity (Wildman–Crippen MR) is 101 cm³/mol. The van der Waals surface area contributed by atoms with E-state index in [1.165, 1.54) is 0 Å². The van der Waals surface area contributed by atoms with Gasteiger partial charge in [0.05, 0.1) is 5.56 Å². The summed E-state index contributed by atoms with van der Waals surface area (Å²) in [6.45, 7) is 5.65. The van der Waals surface area contributed by atoms with Crippen molar-refractivity contribution in [2.24, 2.45) is 0 Å². The zero-order valence-electron chi connectivity index (χ0n) is 16.0.